The fourth-order valence-electron chi connectivity index (χ4n) is 1.72. The second kappa shape index (κ2) is 5.88. The van der Waals surface area contributed by atoms with Gasteiger partial charge in [0.05, 0.1) is 13.3 Å². The molecular formula is C13H15N3O2S. The number of ether oxygens (including phenoxy) is 1. The molecule has 6 heteroatoms. The summed E-state index contributed by atoms with van der Waals surface area (Å²) in [5.74, 6) is -0.338. The van der Waals surface area contributed by atoms with Crippen molar-refractivity contribution in [3.63, 3.8) is 0 Å². The van der Waals surface area contributed by atoms with Crippen LogP contribution in [-0.2, 0) is 9.53 Å². The van der Waals surface area contributed by atoms with Crippen molar-refractivity contribution in [1.82, 2.24) is 15.0 Å². The summed E-state index contributed by atoms with van der Waals surface area (Å²) in [6, 6.07) is 7.48. The number of benzene rings is 1. The Morgan fingerprint density at radius 2 is 2.16 bits per heavy atom. The van der Waals surface area contributed by atoms with Gasteiger partial charge in [-0.15, -0.1) is 16.9 Å². The van der Waals surface area contributed by atoms with E-state index in [0.717, 1.165) is 16.2 Å². The van der Waals surface area contributed by atoms with E-state index in [4.69, 9.17) is 4.74 Å². The van der Waals surface area contributed by atoms with Crippen LogP contribution < -0.4 is 0 Å². The standard InChI is InChI=1S/C13H15N3O2S/c1-9(13(17)18-2)16-8-11(14-15-16)10-6-4-5-7-12(10)19-3/h4-9H,1-3H3. The second-order valence-corrected chi connectivity index (χ2v) is 4.83. The molecule has 5 nitrogen and oxygen atoms in total. The Bertz CT molecular complexity index is 583. The lowest BCUT2D eigenvalue weighted by atomic mass is 10.2. The van der Waals surface area contributed by atoms with Gasteiger partial charge in [0.1, 0.15) is 11.7 Å². The first-order chi connectivity index (χ1) is 9.17. The number of carbonyl (C=O) groups is 1. The lowest BCUT2D eigenvalue weighted by molar-refractivity contribution is -0.144. The van der Waals surface area contributed by atoms with Crippen LogP contribution in [0.25, 0.3) is 11.3 Å². The van der Waals surface area contributed by atoms with Crippen LogP contribution in [0.4, 0.5) is 0 Å². The van der Waals surface area contributed by atoms with Gasteiger partial charge in [0.2, 0.25) is 0 Å². The number of carbonyl (C=O) groups excluding carboxylic acids is 1. The van der Waals surface area contributed by atoms with E-state index in [0.29, 0.717) is 0 Å². The Balaban J connectivity index is 2.33. The van der Waals surface area contributed by atoms with Crippen molar-refractivity contribution in [2.45, 2.75) is 17.9 Å². The Hall–Kier alpha value is -1.82. The molecule has 0 aliphatic carbocycles. The second-order valence-electron chi connectivity index (χ2n) is 3.98. The number of hydrogen-bond acceptors (Lipinski definition) is 5. The molecule has 1 aromatic heterocycles. The van der Waals surface area contributed by atoms with Gasteiger partial charge in [0, 0.05) is 10.5 Å². The molecule has 0 radical (unpaired) electrons. The van der Waals surface area contributed by atoms with E-state index >= 15 is 0 Å². The van der Waals surface area contributed by atoms with Crippen molar-refractivity contribution in [3.05, 3.63) is 30.5 Å². The number of rotatable bonds is 4. The molecule has 0 aliphatic heterocycles. The van der Waals surface area contributed by atoms with E-state index in [-0.39, 0.29) is 5.97 Å². The normalized spacial score (nSPS) is 12.2. The molecule has 0 bridgehead atoms. The average Bonchev–Trinajstić information content (AvgIpc) is 2.95. The molecule has 0 fully saturated rings. The highest BCUT2D eigenvalue weighted by Crippen LogP contribution is 2.28. The van der Waals surface area contributed by atoms with E-state index in [1.807, 2.05) is 30.5 Å². The van der Waals surface area contributed by atoms with Crippen LogP contribution in [0.5, 0.6) is 0 Å². The Morgan fingerprint density at radius 1 is 1.42 bits per heavy atom. The molecule has 1 heterocycles. The van der Waals surface area contributed by atoms with Gasteiger partial charge >= 0.3 is 5.97 Å². The van der Waals surface area contributed by atoms with Gasteiger partial charge in [0.15, 0.2) is 0 Å². The maximum atomic E-state index is 11.5. The summed E-state index contributed by atoms with van der Waals surface area (Å²) in [4.78, 5) is 12.6. The van der Waals surface area contributed by atoms with Gasteiger partial charge in [-0.25, -0.2) is 9.48 Å². The summed E-state index contributed by atoms with van der Waals surface area (Å²) in [5, 5.41) is 8.12. The van der Waals surface area contributed by atoms with E-state index < -0.39 is 6.04 Å². The summed E-state index contributed by atoms with van der Waals surface area (Å²) in [6.07, 6.45) is 3.77. The molecule has 1 atom stereocenters. The first-order valence-electron chi connectivity index (χ1n) is 5.80. The minimum absolute atomic E-state index is 0.338. The molecule has 2 aromatic rings. The summed E-state index contributed by atoms with van der Waals surface area (Å²) < 4.78 is 6.21. The summed E-state index contributed by atoms with van der Waals surface area (Å²) in [6.45, 7) is 1.73. The van der Waals surface area contributed by atoms with Crippen molar-refractivity contribution in [2.75, 3.05) is 13.4 Å². The molecule has 0 N–H and O–H groups in total. The minimum atomic E-state index is -0.479. The van der Waals surface area contributed by atoms with Crippen molar-refractivity contribution >= 4 is 17.7 Å². The molecule has 0 spiro atoms. The van der Waals surface area contributed by atoms with Crippen molar-refractivity contribution < 1.29 is 9.53 Å². The third kappa shape index (κ3) is 2.78. The zero-order chi connectivity index (χ0) is 13.8. The van der Waals surface area contributed by atoms with Crippen molar-refractivity contribution in [1.29, 1.82) is 0 Å². The topological polar surface area (TPSA) is 57.0 Å². The third-order valence-corrected chi connectivity index (χ3v) is 3.63. The Morgan fingerprint density at radius 3 is 2.84 bits per heavy atom. The van der Waals surface area contributed by atoms with Crippen LogP contribution >= 0.6 is 11.8 Å². The smallest absolute Gasteiger partial charge is 0.330 e. The van der Waals surface area contributed by atoms with Crippen molar-refractivity contribution in [2.24, 2.45) is 0 Å². The molecule has 2 rings (SSSR count). The van der Waals surface area contributed by atoms with E-state index in [1.54, 1.807) is 24.9 Å². The SMILES string of the molecule is COC(=O)C(C)n1cc(-c2ccccc2SC)nn1. The van der Waals surface area contributed by atoms with E-state index in [2.05, 4.69) is 10.3 Å². The van der Waals surface area contributed by atoms with Crippen LogP contribution in [0.3, 0.4) is 0 Å². The number of nitrogens with zero attached hydrogens (tertiary/aromatic N) is 3. The Kier molecular flexibility index (Phi) is 4.21. The van der Waals surface area contributed by atoms with Crippen LogP contribution in [-0.4, -0.2) is 34.3 Å². The maximum Gasteiger partial charge on any atom is 0.330 e. The molecule has 1 unspecified atom stereocenters. The van der Waals surface area contributed by atoms with Gasteiger partial charge in [-0.1, -0.05) is 23.4 Å². The predicted molar refractivity (Wildman–Crippen MR) is 74.0 cm³/mol. The van der Waals surface area contributed by atoms with Crippen LogP contribution in [0.15, 0.2) is 35.4 Å². The lowest BCUT2D eigenvalue weighted by Gasteiger charge is -2.07. The molecule has 1 aromatic carbocycles. The van der Waals surface area contributed by atoms with Gasteiger partial charge in [0.25, 0.3) is 0 Å². The lowest BCUT2D eigenvalue weighted by Crippen LogP contribution is -2.18. The highest BCUT2D eigenvalue weighted by molar-refractivity contribution is 7.98. The summed E-state index contributed by atoms with van der Waals surface area (Å²) in [5.41, 5.74) is 1.76. The maximum absolute atomic E-state index is 11.5. The third-order valence-electron chi connectivity index (χ3n) is 2.83. The van der Waals surface area contributed by atoms with Crippen molar-refractivity contribution in [3.8, 4) is 11.3 Å². The molecular weight excluding hydrogens is 262 g/mol. The molecule has 19 heavy (non-hydrogen) atoms. The monoisotopic (exact) mass is 277 g/mol. The van der Waals surface area contributed by atoms with Gasteiger partial charge < -0.3 is 4.74 Å². The zero-order valence-corrected chi connectivity index (χ0v) is 11.8. The first kappa shape index (κ1) is 13.6. The number of thioether (sulfide) groups is 1. The van der Waals surface area contributed by atoms with Gasteiger partial charge in [-0.05, 0) is 19.2 Å². The molecule has 0 amide bonds. The average molecular weight is 277 g/mol. The molecule has 0 saturated heterocycles. The fraction of sp³-hybridized carbons (Fsp3) is 0.308. The van der Waals surface area contributed by atoms with Gasteiger partial charge in [-0.2, -0.15) is 0 Å². The molecule has 100 valence electrons. The first-order valence-corrected chi connectivity index (χ1v) is 7.03. The van der Waals surface area contributed by atoms with Crippen LogP contribution in [0.2, 0.25) is 0 Å². The molecule has 0 aliphatic rings. The quantitative estimate of drug-likeness (QED) is 0.634. The zero-order valence-electron chi connectivity index (χ0n) is 11.0. The molecule has 0 saturated carbocycles. The Labute approximate surface area is 116 Å². The number of hydrogen-bond donors (Lipinski definition) is 0. The highest BCUT2D eigenvalue weighted by Gasteiger charge is 2.18. The van der Waals surface area contributed by atoms with E-state index in [9.17, 15) is 4.79 Å². The van der Waals surface area contributed by atoms with E-state index in [1.165, 1.54) is 11.8 Å². The minimum Gasteiger partial charge on any atom is -0.467 e. The number of esters is 1. The number of aromatic nitrogens is 3. The predicted octanol–water partition coefficient (Wildman–Crippen LogP) is 2.40. The summed E-state index contributed by atoms with van der Waals surface area (Å²) >= 11 is 1.65. The number of methoxy groups -OCH3 is 1. The highest BCUT2D eigenvalue weighted by atomic mass is 32.2. The summed E-state index contributed by atoms with van der Waals surface area (Å²) in [7, 11) is 1.36. The largest absolute Gasteiger partial charge is 0.467 e. The van der Waals surface area contributed by atoms with Crippen LogP contribution in [0, 0.1) is 0 Å². The fourth-order valence-corrected chi connectivity index (χ4v) is 2.33. The van der Waals surface area contributed by atoms with Crippen LogP contribution in [0.1, 0.15) is 13.0 Å². The van der Waals surface area contributed by atoms with Gasteiger partial charge in [-0.3, -0.25) is 0 Å².